The molecule has 9 nitrogen and oxygen atoms in total. The van der Waals surface area contributed by atoms with Crippen LogP contribution in [0, 0.1) is 17.0 Å². The van der Waals surface area contributed by atoms with Crippen LogP contribution >= 0.6 is 11.6 Å². The van der Waals surface area contributed by atoms with E-state index in [0.29, 0.717) is 6.07 Å². The topological polar surface area (TPSA) is 116 Å². The number of esters is 1. The summed E-state index contributed by atoms with van der Waals surface area (Å²) >= 11 is 6.25. The first-order valence-electron chi connectivity index (χ1n) is 9.56. The maximum absolute atomic E-state index is 13.2. The summed E-state index contributed by atoms with van der Waals surface area (Å²) in [6, 6.07) is 11.0. The Morgan fingerprint density at radius 1 is 1.21 bits per heavy atom. The second-order valence-corrected chi connectivity index (χ2v) is 7.36. The largest absolute Gasteiger partial charge is 0.452 e. The number of carbonyl (C=O) groups is 2. The normalized spacial score (nSPS) is 11.2. The lowest BCUT2D eigenvalue weighted by atomic mass is 10.1. The molecule has 0 fully saturated rings. The van der Waals surface area contributed by atoms with Gasteiger partial charge in [0.15, 0.2) is 6.61 Å². The average molecular weight is 497 g/mol. The first-order chi connectivity index (χ1) is 16.0. The van der Waals surface area contributed by atoms with E-state index in [2.05, 4.69) is 5.10 Å². The molecule has 0 aliphatic rings. The number of aryl methyl sites for hydroxylation is 1. The van der Waals surface area contributed by atoms with Crippen molar-refractivity contribution < 1.29 is 32.4 Å². The lowest BCUT2D eigenvalue weighted by molar-refractivity contribution is -0.385. The predicted octanol–water partition coefficient (Wildman–Crippen LogP) is 4.62. The molecule has 0 atom stereocenters. The van der Waals surface area contributed by atoms with Gasteiger partial charge in [-0.05, 0) is 18.6 Å². The van der Waals surface area contributed by atoms with E-state index in [1.165, 1.54) is 11.6 Å². The van der Waals surface area contributed by atoms with E-state index >= 15 is 0 Å². The Hall–Kier alpha value is -3.93. The van der Waals surface area contributed by atoms with E-state index in [1.807, 2.05) is 35.6 Å². The molecular formula is C21H16ClF3N4O5. The van der Waals surface area contributed by atoms with Gasteiger partial charge in [0.1, 0.15) is 10.7 Å². The highest BCUT2D eigenvalue weighted by molar-refractivity contribution is 6.32. The number of aromatic nitrogens is 2. The molecule has 0 spiro atoms. The lowest BCUT2D eigenvalue weighted by Crippen LogP contribution is -2.23. The molecule has 1 N–H and O–H groups in total. The van der Waals surface area contributed by atoms with Crippen LogP contribution in [0.2, 0.25) is 5.15 Å². The molecule has 0 bridgehead atoms. The highest BCUT2D eigenvalue weighted by atomic mass is 35.5. The number of ether oxygens (including phenoxy) is 1. The first-order valence-corrected chi connectivity index (χ1v) is 9.94. The summed E-state index contributed by atoms with van der Waals surface area (Å²) < 4.78 is 46.0. The van der Waals surface area contributed by atoms with E-state index in [-0.39, 0.29) is 23.0 Å². The Morgan fingerprint density at radius 3 is 2.50 bits per heavy atom. The number of anilines is 1. The third-order valence-corrected chi connectivity index (χ3v) is 4.96. The first kappa shape index (κ1) is 24.7. The smallest absolute Gasteiger partial charge is 0.418 e. The molecule has 34 heavy (non-hydrogen) atoms. The minimum Gasteiger partial charge on any atom is -0.452 e. The Morgan fingerprint density at radius 2 is 1.88 bits per heavy atom. The van der Waals surface area contributed by atoms with Crippen LogP contribution in [-0.4, -0.2) is 33.2 Å². The van der Waals surface area contributed by atoms with Crippen LogP contribution in [0.15, 0.2) is 48.5 Å². The van der Waals surface area contributed by atoms with Gasteiger partial charge in [-0.3, -0.25) is 14.9 Å². The summed E-state index contributed by atoms with van der Waals surface area (Å²) in [7, 11) is 0. The van der Waals surface area contributed by atoms with Gasteiger partial charge >= 0.3 is 12.1 Å². The molecule has 0 aliphatic carbocycles. The van der Waals surface area contributed by atoms with Gasteiger partial charge in [-0.2, -0.15) is 18.3 Å². The molecule has 1 heterocycles. The number of hydrogen-bond acceptors (Lipinski definition) is 6. The second kappa shape index (κ2) is 9.91. The number of nitro benzene ring substituents is 1. The van der Waals surface area contributed by atoms with Crippen molar-refractivity contribution in [2.24, 2.45) is 0 Å². The number of nitrogens with zero attached hydrogens (tertiary/aromatic N) is 3. The zero-order chi connectivity index (χ0) is 25.0. The molecule has 3 rings (SSSR count). The second-order valence-electron chi connectivity index (χ2n) is 7.00. The van der Waals surface area contributed by atoms with E-state index in [0.717, 1.165) is 17.7 Å². The SMILES string of the molecule is Cc1nn(Cc2ccccc2)c(Cl)c1C(=O)OCC(=O)Nc1ccc([N+](=O)[O-])cc1C(F)(F)F. The maximum atomic E-state index is 13.2. The molecule has 1 amide bonds. The van der Waals surface area contributed by atoms with Crippen molar-refractivity contribution in [3.8, 4) is 0 Å². The standard InChI is InChI=1S/C21H16ClF3N4O5/c1-12-18(19(22)28(27-12)10-13-5-3-2-4-6-13)20(31)34-11-17(30)26-16-8-7-14(29(32)33)9-15(16)21(23,24)25/h2-9H,10-11H2,1H3,(H,26,30). The van der Waals surface area contributed by atoms with Gasteiger partial charge in [-0.25, -0.2) is 9.48 Å². The molecule has 2 aromatic carbocycles. The molecule has 0 saturated carbocycles. The number of halogens is 4. The lowest BCUT2D eigenvalue weighted by Gasteiger charge is -2.13. The van der Waals surface area contributed by atoms with Crippen LogP contribution in [0.3, 0.4) is 0 Å². The monoisotopic (exact) mass is 496 g/mol. The summed E-state index contributed by atoms with van der Waals surface area (Å²) in [6.45, 7) is 0.859. The van der Waals surface area contributed by atoms with Crippen LogP contribution < -0.4 is 5.32 Å². The van der Waals surface area contributed by atoms with Crippen LogP contribution in [-0.2, 0) is 22.3 Å². The van der Waals surface area contributed by atoms with Crippen molar-refractivity contribution in [1.82, 2.24) is 9.78 Å². The quantitative estimate of drug-likeness (QED) is 0.290. The minimum atomic E-state index is -4.97. The van der Waals surface area contributed by atoms with Gasteiger partial charge in [0, 0.05) is 12.1 Å². The molecule has 0 radical (unpaired) electrons. The molecule has 1 aromatic heterocycles. The zero-order valence-electron chi connectivity index (χ0n) is 17.4. The highest BCUT2D eigenvalue weighted by Gasteiger charge is 2.35. The van der Waals surface area contributed by atoms with E-state index in [1.54, 1.807) is 0 Å². The molecule has 0 aliphatic heterocycles. The summed E-state index contributed by atoms with van der Waals surface area (Å²) in [4.78, 5) is 34.3. The third kappa shape index (κ3) is 5.70. The van der Waals surface area contributed by atoms with Gasteiger partial charge in [0.05, 0.1) is 28.4 Å². The van der Waals surface area contributed by atoms with Gasteiger partial charge < -0.3 is 10.1 Å². The van der Waals surface area contributed by atoms with Gasteiger partial charge in [0.25, 0.3) is 11.6 Å². The van der Waals surface area contributed by atoms with Crippen molar-refractivity contribution in [2.75, 3.05) is 11.9 Å². The van der Waals surface area contributed by atoms with Crippen LogP contribution in [0.1, 0.15) is 27.2 Å². The van der Waals surface area contributed by atoms with Crippen molar-refractivity contribution in [1.29, 1.82) is 0 Å². The number of non-ortho nitro benzene ring substituents is 1. The number of nitrogens with one attached hydrogen (secondary N) is 1. The number of amides is 1. The minimum absolute atomic E-state index is 0.0264. The third-order valence-electron chi connectivity index (χ3n) is 4.57. The van der Waals surface area contributed by atoms with Crippen molar-refractivity contribution in [3.05, 3.63) is 86.2 Å². The predicted molar refractivity (Wildman–Crippen MR) is 115 cm³/mol. The molecule has 0 unspecified atom stereocenters. The van der Waals surface area contributed by atoms with Gasteiger partial charge in [-0.1, -0.05) is 41.9 Å². The molecular weight excluding hydrogens is 481 g/mol. The van der Waals surface area contributed by atoms with E-state index in [4.69, 9.17) is 16.3 Å². The van der Waals surface area contributed by atoms with Gasteiger partial charge in [-0.15, -0.1) is 0 Å². The Bertz CT molecular complexity index is 1250. The Labute approximate surface area is 195 Å². The number of alkyl halides is 3. The zero-order valence-corrected chi connectivity index (χ0v) is 18.2. The summed E-state index contributed by atoms with van der Waals surface area (Å²) in [5.41, 5.74) is -1.91. The van der Waals surface area contributed by atoms with Crippen molar-refractivity contribution >= 4 is 34.9 Å². The van der Waals surface area contributed by atoms with Crippen LogP contribution in [0.4, 0.5) is 24.5 Å². The van der Waals surface area contributed by atoms with Crippen molar-refractivity contribution in [3.63, 3.8) is 0 Å². The number of benzene rings is 2. The number of nitro groups is 1. The molecule has 0 saturated heterocycles. The Balaban J connectivity index is 1.69. The van der Waals surface area contributed by atoms with Crippen molar-refractivity contribution in [2.45, 2.75) is 19.6 Å². The number of rotatable bonds is 7. The van der Waals surface area contributed by atoms with E-state index in [9.17, 15) is 32.9 Å². The fourth-order valence-corrected chi connectivity index (χ4v) is 3.34. The molecule has 3 aromatic rings. The fraction of sp³-hybridized carbons (Fsp3) is 0.190. The number of carbonyl (C=O) groups excluding carboxylic acids is 2. The summed E-state index contributed by atoms with van der Waals surface area (Å²) in [5.74, 6) is -2.07. The van der Waals surface area contributed by atoms with Gasteiger partial charge in [0.2, 0.25) is 0 Å². The number of hydrogen-bond donors (Lipinski definition) is 1. The summed E-state index contributed by atoms with van der Waals surface area (Å²) in [6.07, 6.45) is -4.97. The summed E-state index contributed by atoms with van der Waals surface area (Å²) in [5, 5.41) is 16.9. The highest BCUT2D eigenvalue weighted by Crippen LogP contribution is 2.37. The fourth-order valence-electron chi connectivity index (χ4n) is 3.03. The molecule has 178 valence electrons. The Kier molecular flexibility index (Phi) is 7.20. The van der Waals surface area contributed by atoms with Crippen LogP contribution in [0.25, 0.3) is 0 Å². The maximum Gasteiger partial charge on any atom is 0.418 e. The van der Waals surface area contributed by atoms with Crippen LogP contribution in [0.5, 0.6) is 0 Å². The average Bonchev–Trinajstić information content (AvgIpc) is 3.05. The van der Waals surface area contributed by atoms with E-state index < -0.39 is 46.5 Å². The molecule has 13 heteroatoms.